The van der Waals surface area contributed by atoms with Gasteiger partial charge in [0.15, 0.2) is 5.82 Å². The maximum absolute atomic E-state index is 10.7. The lowest BCUT2D eigenvalue weighted by molar-refractivity contribution is -0.0164. The van der Waals surface area contributed by atoms with Crippen molar-refractivity contribution < 1.29 is 5.11 Å². The van der Waals surface area contributed by atoms with E-state index in [0.717, 1.165) is 68.6 Å². The van der Waals surface area contributed by atoms with Gasteiger partial charge in [0, 0.05) is 56.4 Å². The standard InChI is InChI=1S/C18H25N5OS/c24-18(7-4-8-19-13-18)14-22-9-11-23(12-10-22)17-20-16(21-25-17)15-5-2-1-3-6-15/h1-3,5-6,19,24H,4,7-14H2/t18-/m0/s1. The van der Waals surface area contributed by atoms with E-state index in [1.54, 1.807) is 0 Å². The van der Waals surface area contributed by atoms with Crippen LogP contribution < -0.4 is 10.2 Å². The monoisotopic (exact) mass is 359 g/mol. The van der Waals surface area contributed by atoms with Gasteiger partial charge in [-0.05, 0) is 19.4 Å². The molecule has 7 heteroatoms. The van der Waals surface area contributed by atoms with E-state index in [4.69, 9.17) is 4.98 Å². The Morgan fingerprint density at radius 1 is 1.16 bits per heavy atom. The number of hydrogen-bond donors (Lipinski definition) is 2. The number of piperazine rings is 1. The molecule has 0 saturated carbocycles. The summed E-state index contributed by atoms with van der Waals surface area (Å²) < 4.78 is 4.51. The minimum atomic E-state index is -0.566. The van der Waals surface area contributed by atoms with E-state index in [1.165, 1.54) is 11.5 Å². The lowest BCUT2D eigenvalue weighted by Crippen LogP contribution is -2.56. The minimum absolute atomic E-state index is 0.566. The fraction of sp³-hybridized carbons (Fsp3) is 0.556. The summed E-state index contributed by atoms with van der Waals surface area (Å²) in [4.78, 5) is 9.40. The Kier molecular flexibility index (Phi) is 4.98. The van der Waals surface area contributed by atoms with Crippen molar-refractivity contribution in [1.29, 1.82) is 0 Å². The third-order valence-electron chi connectivity index (χ3n) is 5.06. The molecule has 134 valence electrons. The van der Waals surface area contributed by atoms with Crippen molar-refractivity contribution in [3.8, 4) is 11.4 Å². The second kappa shape index (κ2) is 7.37. The molecule has 2 aliphatic heterocycles. The van der Waals surface area contributed by atoms with Gasteiger partial charge in [0.25, 0.3) is 0 Å². The smallest absolute Gasteiger partial charge is 0.205 e. The highest BCUT2D eigenvalue weighted by Gasteiger charge is 2.32. The number of rotatable bonds is 4. The predicted molar refractivity (Wildman–Crippen MR) is 101 cm³/mol. The fourth-order valence-corrected chi connectivity index (χ4v) is 4.39. The molecule has 0 radical (unpaired) electrons. The molecule has 1 aromatic heterocycles. The molecule has 2 aromatic rings. The number of aromatic nitrogens is 2. The number of benzene rings is 1. The first-order chi connectivity index (χ1) is 12.2. The third-order valence-corrected chi connectivity index (χ3v) is 5.83. The van der Waals surface area contributed by atoms with Gasteiger partial charge in [-0.2, -0.15) is 9.36 Å². The van der Waals surface area contributed by atoms with Gasteiger partial charge in [0.2, 0.25) is 5.13 Å². The molecule has 0 spiro atoms. The average Bonchev–Trinajstić information content (AvgIpc) is 3.13. The van der Waals surface area contributed by atoms with Crippen molar-refractivity contribution in [3.05, 3.63) is 30.3 Å². The molecular weight excluding hydrogens is 334 g/mol. The highest BCUT2D eigenvalue weighted by molar-refractivity contribution is 7.09. The summed E-state index contributed by atoms with van der Waals surface area (Å²) in [5, 5.41) is 15.0. The van der Waals surface area contributed by atoms with Crippen LogP contribution in [0.15, 0.2) is 30.3 Å². The van der Waals surface area contributed by atoms with Crippen molar-refractivity contribution in [2.24, 2.45) is 0 Å². The van der Waals surface area contributed by atoms with E-state index < -0.39 is 5.60 Å². The minimum Gasteiger partial charge on any atom is -0.387 e. The van der Waals surface area contributed by atoms with Crippen LogP contribution in [0.2, 0.25) is 0 Å². The van der Waals surface area contributed by atoms with E-state index >= 15 is 0 Å². The van der Waals surface area contributed by atoms with Crippen LogP contribution >= 0.6 is 11.5 Å². The molecule has 0 bridgehead atoms. The lowest BCUT2D eigenvalue weighted by Gasteiger charge is -2.41. The fourth-order valence-electron chi connectivity index (χ4n) is 3.65. The van der Waals surface area contributed by atoms with Crippen molar-refractivity contribution in [3.63, 3.8) is 0 Å². The summed E-state index contributed by atoms with van der Waals surface area (Å²) in [5.41, 5.74) is 0.500. The number of anilines is 1. The average molecular weight is 359 g/mol. The quantitative estimate of drug-likeness (QED) is 0.861. The molecule has 1 atom stereocenters. The van der Waals surface area contributed by atoms with E-state index in [-0.39, 0.29) is 0 Å². The van der Waals surface area contributed by atoms with E-state index in [1.807, 2.05) is 30.3 Å². The second-order valence-electron chi connectivity index (χ2n) is 7.03. The van der Waals surface area contributed by atoms with E-state index in [2.05, 4.69) is 19.5 Å². The highest BCUT2D eigenvalue weighted by Crippen LogP contribution is 2.25. The summed E-state index contributed by atoms with van der Waals surface area (Å²) in [6.45, 7) is 6.30. The van der Waals surface area contributed by atoms with Crippen LogP contribution in [0.3, 0.4) is 0 Å². The molecule has 25 heavy (non-hydrogen) atoms. The van der Waals surface area contributed by atoms with Gasteiger partial charge in [0.1, 0.15) is 0 Å². The number of hydrogen-bond acceptors (Lipinski definition) is 7. The molecule has 0 aliphatic carbocycles. The van der Waals surface area contributed by atoms with Crippen LogP contribution in [-0.4, -0.2) is 70.8 Å². The third kappa shape index (κ3) is 4.00. The number of aliphatic hydroxyl groups is 1. The predicted octanol–water partition coefficient (Wildman–Crippen LogP) is 1.44. The van der Waals surface area contributed by atoms with Gasteiger partial charge < -0.3 is 15.3 Å². The summed E-state index contributed by atoms with van der Waals surface area (Å²) in [7, 11) is 0. The Morgan fingerprint density at radius 2 is 1.96 bits per heavy atom. The molecule has 6 nitrogen and oxygen atoms in total. The normalized spacial score (nSPS) is 25.2. The molecule has 2 fully saturated rings. The zero-order chi connectivity index (χ0) is 17.1. The van der Waals surface area contributed by atoms with Crippen LogP contribution in [0.1, 0.15) is 12.8 Å². The number of nitrogens with one attached hydrogen (secondary N) is 1. The van der Waals surface area contributed by atoms with Gasteiger partial charge in [-0.1, -0.05) is 30.3 Å². The first-order valence-electron chi connectivity index (χ1n) is 9.01. The van der Waals surface area contributed by atoms with Crippen LogP contribution in [-0.2, 0) is 0 Å². The van der Waals surface area contributed by atoms with E-state index in [9.17, 15) is 5.11 Å². The Morgan fingerprint density at radius 3 is 2.68 bits per heavy atom. The van der Waals surface area contributed by atoms with Crippen LogP contribution in [0.4, 0.5) is 5.13 Å². The maximum atomic E-state index is 10.7. The van der Waals surface area contributed by atoms with Gasteiger partial charge in [-0.25, -0.2) is 0 Å². The zero-order valence-corrected chi connectivity index (χ0v) is 15.2. The number of β-amino-alcohol motifs (C(OH)–C–C–N with tert-alkyl or cyclic N) is 1. The van der Waals surface area contributed by atoms with Crippen molar-refractivity contribution >= 4 is 16.7 Å². The van der Waals surface area contributed by atoms with Gasteiger partial charge in [-0.15, -0.1) is 0 Å². The Bertz CT molecular complexity index is 678. The highest BCUT2D eigenvalue weighted by atomic mass is 32.1. The summed E-state index contributed by atoms with van der Waals surface area (Å²) in [5.74, 6) is 0.811. The Balaban J connectivity index is 1.34. The summed E-state index contributed by atoms with van der Waals surface area (Å²) in [6, 6.07) is 10.1. The lowest BCUT2D eigenvalue weighted by atomic mass is 9.93. The van der Waals surface area contributed by atoms with Crippen LogP contribution in [0, 0.1) is 0 Å². The van der Waals surface area contributed by atoms with Crippen molar-refractivity contribution in [2.45, 2.75) is 18.4 Å². The molecule has 0 unspecified atom stereocenters. The summed E-state index contributed by atoms with van der Waals surface area (Å²) >= 11 is 1.47. The van der Waals surface area contributed by atoms with Gasteiger partial charge >= 0.3 is 0 Å². The van der Waals surface area contributed by atoms with Crippen molar-refractivity contribution in [1.82, 2.24) is 19.6 Å². The maximum Gasteiger partial charge on any atom is 0.205 e. The first-order valence-corrected chi connectivity index (χ1v) is 9.79. The largest absolute Gasteiger partial charge is 0.387 e. The van der Waals surface area contributed by atoms with Gasteiger partial charge in [-0.3, -0.25) is 4.90 Å². The SMILES string of the molecule is O[C@@]1(CN2CCN(c3nc(-c4ccccc4)ns3)CC2)CCCNC1. The molecule has 2 N–H and O–H groups in total. The number of piperidine rings is 1. The molecule has 1 aromatic carbocycles. The molecule has 0 amide bonds. The van der Waals surface area contributed by atoms with Crippen LogP contribution in [0.25, 0.3) is 11.4 Å². The molecule has 2 aliphatic rings. The first kappa shape index (κ1) is 16.9. The second-order valence-corrected chi connectivity index (χ2v) is 7.76. The molecule has 3 heterocycles. The van der Waals surface area contributed by atoms with E-state index in [0.29, 0.717) is 6.54 Å². The molecule has 4 rings (SSSR count). The molecule has 2 saturated heterocycles. The summed E-state index contributed by atoms with van der Waals surface area (Å²) in [6.07, 6.45) is 1.96. The van der Waals surface area contributed by atoms with Crippen molar-refractivity contribution in [2.75, 3.05) is 50.7 Å². The van der Waals surface area contributed by atoms with Crippen LogP contribution in [0.5, 0.6) is 0 Å². The Labute approximate surface area is 152 Å². The zero-order valence-electron chi connectivity index (χ0n) is 14.4. The number of nitrogens with zero attached hydrogens (tertiary/aromatic N) is 4. The molecular formula is C18H25N5OS. The topological polar surface area (TPSA) is 64.5 Å². The van der Waals surface area contributed by atoms with Gasteiger partial charge in [0.05, 0.1) is 5.60 Å². The Hall–Kier alpha value is -1.54.